The van der Waals surface area contributed by atoms with E-state index >= 15 is 0 Å². The zero-order valence-electron chi connectivity index (χ0n) is 9.80. The number of furan rings is 1. The minimum atomic E-state index is 0.155. The fourth-order valence-electron chi connectivity index (χ4n) is 1.59. The molecule has 0 aliphatic heterocycles. The van der Waals surface area contributed by atoms with Gasteiger partial charge < -0.3 is 10.2 Å². The van der Waals surface area contributed by atoms with Crippen molar-refractivity contribution in [1.29, 1.82) is 0 Å². The lowest BCUT2D eigenvalue weighted by atomic mass is 10.1. The van der Waals surface area contributed by atoms with E-state index in [2.05, 4.69) is 11.1 Å². The maximum atomic E-state index is 5.83. The van der Waals surface area contributed by atoms with Gasteiger partial charge in [0.1, 0.15) is 5.76 Å². The zero-order chi connectivity index (χ0) is 12.1. The van der Waals surface area contributed by atoms with Gasteiger partial charge in [0.05, 0.1) is 17.0 Å². The Bertz CT molecular complexity index is 454. The van der Waals surface area contributed by atoms with E-state index in [9.17, 15) is 0 Å². The van der Waals surface area contributed by atoms with Gasteiger partial charge in [0, 0.05) is 12.2 Å². The summed E-state index contributed by atoms with van der Waals surface area (Å²) in [5.41, 5.74) is 7.04. The monoisotopic (exact) mass is 248 g/mol. The summed E-state index contributed by atoms with van der Waals surface area (Å²) >= 11 is 1.69. The van der Waals surface area contributed by atoms with Crippen molar-refractivity contribution in [2.24, 2.45) is 5.73 Å². The van der Waals surface area contributed by atoms with E-state index in [4.69, 9.17) is 10.2 Å². The molecular weight excluding hydrogens is 232 g/mol. The molecule has 2 aromatic heterocycles. The van der Waals surface area contributed by atoms with Crippen LogP contribution in [0.3, 0.4) is 0 Å². The highest BCUT2D eigenvalue weighted by Crippen LogP contribution is 2.24. The molecule has 0 spiro atoms. The Morgan fingerprint density at radius 2 is 2.29 bits per heavy atom. The van der Waals surface area contributed by atoms with Gasteiger partial charge in [-0.15, -0.1) is 0 Å². The van der Waals surface area contributed by atoms with Crippen LogP contribution in [0.15, 0.2) is 46.2 Å². The van der Waals surface area contributed by atoms with Gasteiger partial charge in [0.15, 0.2) is 0 Å². The van der Waals surface area contributed by atoms with E-state index < -0.39 is 0 Å². The van der Waals surface area contributed by atoms with Crippen LogP contribution in [-0.2, 0) is 12.2 Å². The van der Waals surface area contributed by atoms with E-state index in [0.717, 1.165) is 23.0 Å². The van der Waals surface area contributed by atoms with Crippen molar-refractivity contribution in [3.05, 3.63) is 48.0 Å². The molecule has 2 N–H and O–H groups in total. The third-order valence-corrected chi connectivity index (χ3v) is 3.39. The highest BCUT2D eigenvalue weighted by molar-refractivity contribution is 7.98. The van der Waals surface area contributed by atoms with Crippen LogP contribution < -0.4 is 5.73 Å². The van der Waals surface area contributed by atoms with E-state index in [0.29, 0.717) is 0 Å². The number of nitrogens with two attached hydrogens (primary N) is 1. The molecule has 17 heavy (non-hydrogen) atoms. The molecule has 2 heterocycles. The third-order valence-electron chi connectivity index (χ3n) is 2.32. The number of rotatable bonds is 5. The Balaban J connectivity index is 2.04. The van der Waals surface area contributed by atoms with Gasteiger partial charge in [-0.2, -0.15) is 0 Å². The molecule has 0 bridgehead atoms. The average Bonchev–Trinajstić information content (AvgIpc) is 2.80. The molecule has 90 valence electrons. The maximum absolute atomic E-state index is 5.83. The average molecular weight is 248 g/mol. The van der Waals surface area contributed by atoms with Gasteiger partial charge in [-0.25, -0.2) is 4.98 Å². The molecule has 0 fully saturated rings. The Kier molecular flexibility index (Phi) is 4.23. The number of pyridine rings is 1. The van der Waals surface area contributed by atoms with Crippen LogP contribution in [0.2, 0.25) is 0 Å². The minimum absolute atomic E-state index is 0.155. The van der Waals surface area contributed by atoms with Crippen LogP contribution in [0.5, 0.6) is 0 Å². The maximum Gasteiger partial charge on any atom is 0.114 e. The lowest BCUT2D eigenvalue weighted by Gasteiger charge is -2.09. The topological polar surface area (TPSA) is 52.0 Å². The van der Waals surface area contributed by atoms with E-state index in [1.165, 1.54) is 5.56 Å². The van der Waals surface area contributed by atoms with Crippen LogP contribution in [-0.4, -0.2) is 11.0 Å². The Morgan fingerprint density at radius 3 is 3.00 bits per heavy atom. The normalized spacial score (nSPS) is 12.6. The smallest absolute Gasteiger partial charge is 0.114 e. The summed E-state index contributed by atoms with van der Waals surface area (Å²) < 4.78 is 5.30. The third kappa shape index (κ3) is 3.61. The van der Waals surface area contributed by atoms with E-state index in [-0.39, 0.29) is 6.04 Å². The van der Waals surface area contributed by atoms with Gasteiger partial charge in [-0.3, -0.25) is 0 Å². The lowest BCUT2D eigenvalue weighted by Crippen LogP contribution is -2.18. The second kappa shape index (κ2) is 5.89. The first-order valence-electron chi connectivity index (χ1n) is 5.60. The summed E-state index contributed by atoms with van der Waals surface area (Å²) in [5.74, 6) is 1.77. The number of aromatic nitrogens is 1. The van der Waals surface area contributed by atoms with Crippen molar-refractivity contribution in [2.45, 2.75) is 30.2 Å². The Hall–Kier alpha value is -1.26. The molecule has 0 saturated heterocycles. The summed E-state index contributed by atoms with van der Waals surface area (Å²) in [6.45, 7) is 2.01. The first-order valence-corrected chi connectivity index (χ1v) is 6.59. The Morgan fingerprint density at radius 1 is 1.41 bits per heavy atom. The molecule has 0 aromatic carbocycles. The minimum Gasteiger partial charge on any atom is -0.468 e. The molecule has 0 radical (unpaired) electrons. The molecule has 0 aliphatic carbocycles. The van der Waals surface area contributed by atoms with Crippen molar-refractivity contribution >= 4 is 11.8 Å². The molecule has 0 amide bonds. The van der Waals surface area contributed by atoms with Gasteiger partial charge in [-0.05, 0) is 37.1 Å². The predicted molar refractivity (Wildman–Crippen MR) is 69.9 cm³/mol. The lowest BCUT2D eigenvalue weighted by molar-refractivity contribution is 0.530. The molecule has 0 aliphatic rings. The van der Waals surface area contributed by atoms with E-state index in [1.807, 2.05) is 31.3 Å². The summed E-state index contributed by atoms with van der Waals surface area (Å²) in [7, 11) is 0. The second-order valence-electron chi connectivity index (χ2n) is 4.02. The van der Waals surface area contributed by atoms with Crippen LogP contribution in [0, 0.1) is 0 Å². The predicted octanol–water partition coefficient (Wildman–Crippen LogP) is 2.86. The molecule has 0 saturated carbocycles. The van der Waals surface area contributed by atoms with Gasteiger partial charge >= 0.3 is 0 Å². The van der Waals surface area contributed by atoms with Gasteiger partial charge in [-0.1, -0.05) is 17.8 Å². The summed E-state index contributed by atoms with van der Waals surface area (Å²) in [4.78, 5) is 4.40. The standard InChI is InChI=1S/C13H16N2OS/c1-10(14)8-11-4-2-6-15-13(11)17-9-12-5-3-7-16-12/h2-7,10H,8-9,14H2,1H3. The quantitative estimate of drug-likeness (QED) is 0.827. The van der Waals surface area contributed by atoms with Crippen molar-refractivity contribution < 1.29 is 4.42 Å². The molecule has 2 aromatic rings. The molecule has 2 rings (SSSR count). The zero-order valence-corrected chi connectivity index (χ0v) is 10.6. The molecule has 4 heteroatoms. The Labute approximate surface area is 105 Å². The highest BCUT2D eigenvalue weighted by atomic mass is 32.2. The summed E-state index contributed by atoms with van der Waals surface area (Å²) in [6, 6.07) is 8.07. The molecular formula is C13H16N2OS. The van der Waals surface area contributed by atoms with Crippen LogP contribution in [0.25, 0.3) is 0 Å². The molecule has 1 unspecified atom stereocenters. The van der Waals surface area contributed by atoms with Crippen LogP contribution in [0.4, 0.5) is 0 Å². The van der Waals surface area contributed by atoms with Crippen molar-refractivity contribution in [3.63, 3.8) is 0 Å². The SMILES string of the molecule is CC(N)Cc1cccnc1SCc1ccco1. The summed E-state index contributed by atoms with van der Waals surface area (Å²) in [5, 5.41) is 1.04. The number of hydrogen-bond donors (Lipinski definition) is 1. The fraction of sp³-hybridized carbons (Fsp3) is 0.308. The van der Waals surface area contributed by atoms with E-state index in [1.54, 1.807) is 18.0 Å². The first kappa shape index (κ1) is 12.2. The second-order valence-corrected chi connectivity index (χ2v) is 4.98. The molecule has 3 nitrogen and oxygen atoms in total. The van der Waals surface area contributed by atoms with Crippen molar-refractivity contribution in [1.82, 2.24) is 4.98 Å². The van der Waals surface area contributed by atoms with Crippen LogP contribution in [0.1, 0.15) is 18.2 Å². The van der Waals surface area contributed by atoms with Crippen LogP contribution >= 0.6 is 11.8 Å². The number of thioether (sulfide) groups is 1. The highest BCUT2D eigenvalue weighted by Gasteiger charge is 2.07. The number of hydrogen-bond acceptors (Lipinski definition) is 4. The largest absolute Gasteiger partial charge is 0.468 e. The molecule has 1 atom stereocenters. The van der Waals surface area contributed by atoms with Crippen molar-refractivity contribution in [2.75, 3.05) is 0 Å². The van der Waals surface area contributed by atoms with Gasteiger partial charge in [0.2, 0.25) is 0 Å². The van der Waals surface area contributed by atoms with Crippen molar-refractivity contribution in [3.8, 4) is 0 Å². The summed E-state index contributed by atoms with van der Waals surface area (Å²) in [6.07, 6.45) is 4.36. The van der Waals surface area contributed by atoms with Gasteiger partial charge in [0.25, 0.3) is 0 Å². The fourth-order valence-corrected chi connectivity index (χ4v) is 2.51. The first-order chi connectivity index (χ1) is 8.25. The number of nitrogens with zero attached hydrogens (tertiary/aromatic N) is 1.